The molecule has 1 aromatic heterocycles. The second-order valence-electron chi connectivity index (χ2n) is 4.79. The Bertz CT molecular complexity index is 647. The second-order valence-corrected chi connectivity index (χ2v) is 5.14. The first-order valence-electron chi connectivity index (χ1n) is 6.85. The monoisotopic (exact) mass is 322 g/mol. The molecule has 0 spiro atoms. The highest BCUT2D eigenvalue weighted by molar-refractivity contribution is 6.30. The van der Waals surface area contributed by atoms with E-state index in [0.29, 0.717) is 36.0 Å². The number of nitrogens with one attached hydrogen (secondary N) is 1. The van der Waals surface area contributed by atoms with Gasteiger partial charge in [0.15, 0.2) is 0 Å². The number of nitrogens with zero attached hydrogens (tertiary/aromatic N) is 1. The van der Waals surface area contributed by atoms with Crippen molar-refractivity contribution >= 4 is 23.2 Å². The van der Waals surface area contributed by atoms with E-state index >= 15 is 0 Å². The lowest BCUT2D eigenvalue weighted by atomic mass is 10.2. The van der Waals surface area contributed by atoms with E-state index in [1.165, 1.54) is 18.3 Å². The summed E-state index contributed by atoms with van der Waals surface area (Å²) in [4.78, 5) is 15.8. The fourth-order valence-electron chi connectivity index (χ4n) is 1.80. The van der Waals surface area contributed by atoms with Crippen LogP contribution in [0.25, 0.3) is 0 Å². The van der Waals surface area contributed by atoms with E-state index in [9.17, 15) is 9.18 Å². The second kappa shape index (κ2) is 7.75. The van der Waals surface area contributed by atoms with Crippen LogP contribution in [0.4, 0.5) is 10.1 Å². The summed E-state index contributed by atoms with van der Waals surface area (Å²) >= 11 is 5.82. The molecule has 116 valence electrons. The third kappa shape index (κ3) is 5.00. The number of aromatic nitrogens is 1. The minimum atomic E-state index is -0.307. The van der Waals surface area contributed by atoms with Gasteiger partial charge >= 0.3 is 0 Å². The molecular formula is C16H16ClFN2O2. The predicted molar refractivity (Wildman–Crippen MR) is 83.7 cm³/mol. The summed E-state index contributed by atoms with van der Waals surface area (Å²) in [5.74, 6) is 0.157. The predicted octanol–water partition coefficient (Wildman–Crippen LogP) is 3.98. The van der Waals surface area contributed by atoms with Crippen LogP contribution in [0.15, 0.2) is 36.5 Å². The number of pyridine rings is 1. The number of carbonyl (C=O) groups is 1. The van der Waals surface area contributed by atoms with Gasteiger partial charge in [0.2, 0.25) is 5.91 Å². The Morgan fingerprint density at radius 3 is 2.77 bits per heavy atom. The molecule has 0 bridgehead atoms. The van der Waals surface area contributed by atoms with Crippen molar-refractivity contribution in [1.82, 2.24) is 4.98 Å². The Labute approximate surface area is 133 Å². The van der Waals surface area contributed by atoms with Crippen LogP contribution in [0.1, 0.15) is 18.4 Å². The average molecular weight is 323 g/mol. The lowest BCUT2D eigenvalue weighted by molar-refractivity contribution is -0.116. The Hall–Kier alpha value is -2.14. The van der Waals surface area contributed by atoms with Crippen molar-refractivity contribution in [2.75, 3.05) is 11.9 Å². The Kier molecular flexibility index (Phi) is 5.72. The zero-order valence-electron chi connectivity index (χ0n) is 12.1. The van der Waals surface area contributed by atoms with Crippen LogP contribution < -0.4 is 10.1 Å². The minimum absolute atomic E-state index is 0.119. The zero-order valence-corrected chi connectivity index (χ0v) is 12.9. The number of anilines is 1. The molecular weight excluding hydrogens is 307 g/mol. The van der Waals surface area contributed by atoms with Gasteiger partial charge in [0.25, 0.3) is 0 Å². The highest BCUT2D eigenvalue weighted by Gasteiger charge is 2.05. The van der Waals surface area contributed by atoms with Crippen LogP contribution >= 0.6 is 11.6 Å². The molecule has 0 saturated carbocycles. The third-order valence-electron chi connectivity index (χ3n) is 2.93. The smallest absolute Gasteiger partial charge is 0.224 e. The maximum atomic E-state index is 12.7. The fraction of sp³-hybridized carbons (Fsp3) is 0.250. The first kappa shape index (κ1) is 16.2. The number of hydrogen-bond acceptors (Lipinski definition) is 3. The van der Waals surface area contributed by atoms with Gasteiger partial charge < -0.3 is 10.1 Å². The van der Waals surface area contributed by atoms with Crippen molar-refractivity contribution in [2.24, 2.45) is 0 Å². The summed E-state index contributed by atoms with van der Waals surface area (Å²) in [7, 11) is 0. The van der Waals surface area contributed by atoms with Crippen molar-refractivity contribution in [2.45, 2.75) is 19.8 Å². The van der Waals surface area contributed by atoms with Gasteiger partial charge in [-0.05, 0) is 49.2 Å². The van der Waals surface area contributed by atoms with Crippen molar-refractivity contribution < 1.29 is 13.9 Å². The van der Waals surface area contributed by atoms with E-state index in [4.69, 9.17) is 16.3 Å². The summed E-state index contributed by atoms with van der Waals surface area (Å²) in [6.45, 7) is 2.21. The largest absolute Gasteiger partial charge is 0.494 e. The Morgan fingerprint density at radius 1 is 1.36 bits per heavy atom. The number of aryl methyl sites for hydroxylation is 1. The maximum absolute atomic E-state index is 12.7. The van der Waals surface area contributed by atoms with Gasteiger partial charge in [-0.25, -0.2) is 9.37 Å². The molecule has 0 aliphatic heterocycles. The molecule has 0 fully saturated rings. The van der Waals surface area contributed by atoms with E-state index in [1.807, 2.05) is 6.92 Å². The molecule has 1 heterocycles. The van der Waals surface area contributed by atoms with Gasteiger partial charge in [-0.2, -0.15) is 0 Å². The third-order valence-corrected chi connectivity index (χ3v) is 3.32. The number of hydrogen-bond donors (Lipinski definition) is 1. The summed E-state index contributed by atoms with van der Waals surface area (Å²) in [5, 5.41) is 3.17. The number of carbonyl (C=O) groups excluding carboxylic acids is 1. The lowest BCUT2D eigenvalue weighted by Gasteiger charge is -2.08. The summed E-state index contributed by atoms with van der Waals surface area (Å²) in [6.07, 6.45) is 2.40. The first-order chi connectivity index (χ1) is 10.5. The first-order valence-corrected chi connectivity index (χ1v) is 7.23. The van der Waals surface area contributed by atoms with E-state index < -0.39 is 0 Å². The van der Waals surface area contributed by atoms with Gasteiger partial charge in [0.1, 0.15) is 16.7 Å². The molecule has 0 radical (unpaired) electrons. The van der Waals surface area contributed by atoms with Gasteiger partial charge in [-0.15, -0.1) is 0 Å². The Balaban J connectivity index is 1.71. The molecule has 1 aromatic carbocycles. The zero-order chi connectivity index (χ0) is 15.9. The summed E-state index contributed by atoms with van der Waals surface area (Å²) in [6, 6.07) is 7.53. The van der Waals surface area contributed by atoms with Crippen LogP contribution in [0, 0.1) is 12.7 Å². The SMILES string of the molecule is Cc1cc(NC(=O)CCCOc2ccc(F)cc2)cnc1Cl. The summed E-state index contributed by atoms with van der Waals surface area (Å²) in [5.41, 5.74) is 1.42. The van der Waals surface area contributed by atoms with Gasteiger partial charge in [0, 0.05) is 6.42 Å². The van der Waals surface area contributed by atoms with Gasteiger partial charge in [0.05, 0.1) is 18.5 Å². The molecule has 0 saturated heterocycles. The van der Waals surface area contributed by atoms with Crippen molar-refractivity contribution in [1.29, 1.82) is 0 Å². The van der Waals surface area contributed by atoms with E-state index in [1.54, 1.807) is 18.2 Å². The molecule has 0 atom stereocenters. The number of ether oxygens (including phenoxy) is 1. The Morgan fingerprint density at radius 2 is 2.09 bits per heavy atom. The normalized spacial score (nSPS) is 10.3. The average Bonchev–Trinajstić information content (AvgIpc) is 2.49. The fourth-order valence-corrected chi connectivity index (χ4v) is 1.91. The van der Waals surface area contributed by atoms with E-state index in [-0.39, 0.29) is 11.7 Å². The molecule has 2 rings (SSSR count). The number of rotatable bonds is 6. The standard InChI is InChI=1S/C16H16ClFN2O2/c1-11-9-13(10-19-16(11)17)20-15(21)3-2-8-22-14-6-4-12(18)5-7-14/h4-7,9-10H,2-3,8H2,1H3,(H,20,21). The van der Waals surface area contributed by atoms with Crippen molar-refractivity contribution in [3.05, 3.63) is 53.1 Å². The van der Waals surface area contributed by atoms with Gasteiger partial charge in [-0.1, -0.05) is 11.6 Å². The highest BCUT2D eigenvalue weighted by atomic mass is 35.5. The van der Waals surface area contributed by atoms with Crippen LogP contribution in [-0.4, -0.2) is 17.5 Å². The molecule has 1 amide bonds. The van der Waals surface area contributed by atoms with E-state index in [0.717, 1.165) is 5.56 Å². The molecule has 0 aliphatic carbocycles. The highest BCUT2D eigenvalue weighted by Crippen LogP contribution is 2.16. The molecule has 0 unspecified atom stereocenters. The topological polar surface area (TPSA) is 51.2 Å². The quantitative estimate of drug-likeness (QED) is 0.646. The van der Waals surface area contributed by atoms with Crippen LogP contribution in [0.3, 0.4) is 0 Å². The number of halogens is 2. The van der Waals surface area contributed by atoms with E-state index in [2.05, 4.69) is 10.3 Å². The van der Waals surface area contributed by atoms with Crippen molar-refractivity contribution in [3.63, 3.8) is 0 Å². The summed E-state index contributed by atoms with van der Waals surface area (Å²) < 4.78 is 18.1. The van der Waals surface area contributed by atoms with Crippen molar-refractivity contribution in [3.8, 4) is 5.75 Å². The molecule has 6 heteroatoms. The van der Waals surface area contributed by atoms with Crippen LogP contribution in [0.5, 0.6) is 5.75 Å². The molecule has 1 N–H and O–H groups in total. The molecule has 22 heavy (non-hydrogen) atoms. The maximum Gasteiger partial charge on any atom is 0.224 e. The lowest BCUT2D eigenvalue weighted by Crippen LogP contribution is -2.13. The number of benzene rings is 1. The van der Waals surface area contributed by atoms with Crippen LogP contribution in [0.2, 0.25) is 5.15 Å². The van der Waals surface area contributed by atoms with Gasteiger partial charge in [-0.3, -0.25) is 4.79 Å². The molecule has 0 aliphatic rings. The molecule has 4 nitrogen and oxygen atoms in total. The number of amides is 1. The van der Waals surface area contributed by atoms with Crippen LogP contribution in [-0.2, 0) is 4.79 Å². The minimum Gasteiger partial charge on any atom is -0.494 e. The molecule has 2 aromatic rings.